The summed E-state index contributed by atoms with van der Waals surface area (Å²) in [5, 5.41) is 11.4. The van der Waals surface area contributed by atoms with Crippen molar-refractivity contribution in [2.24, 2.45) is 0 Å². The Bertz CT molecular complexity index is 737. The van der Waals surface area contributed by atoms with Crippen LogP contribution in [-0.2, 0) is 9.53 Å². The molecule has 0 fully saturated rings. The molecule has 5 heteroatoms. The fraction of sp³-hybridized carbons (Fsp3) is 0.756. The fourth-order valence-corrected chi connectivity index (χ4v) is 5.45. The van der Waals surface area contributed by atoms with Crippen LogP contribution in [-0.4, -0.2) is 29.8 Å². The summed E-state index contributed by atoms with van der Waals surface area (Å²) in [5.74, 6) is -0.917. The van der Waals surface area contributed by atoms with Gasteiger partial charge in [0.1, 0.15) is 6.10 Å². The van der Waals surface area contributed by atoms with Crippen LogP contribution in [0.25, 0.3) is 0 Å². The lowest BCUT2D eigenvalue weighted by Gasteiger charge is -2.18. The molecule has 0 aromatic heterocycles. The predicted molar refractivity (Wildman–Crippen MR) is 198 cm³/mol. The highest BCUT2D eigenvalue weighted by Crippen LogP contribution is 2.17. The molecule has 1 amide bonds. The van der Waals surface area contributed by atoms with Crippen molar-refractivity contribution in [1.82, 2.24) is 5.32 Å². The predicted octanol–water partition coefficient (Wildman–Crippen LogP) is 13.0. The lowest BCUT2D eigenvalue weighted by molar-refractivity contribution is -0.136. The smallest absolute Gasteiger partial charge is 0.407 e. The van der Waals surface area contributed by atoms with Gasteiger partial charge in [-0.1, -0.05) is 140 Å². The van der Waals surface area contributed by atoms with Crippen molar-refractivity contribution in [3.8, 4) is 0 Å². The molecule has 0 rings (SSSR count). The van der Waals surface area contributed by atoms with Gasteiger partial charge in [-0.05, 0) is 89.9 Å². The Labute approximate surface area is 284 Å². The van der Waals surface area contributed by atoms with Crippen molar-refractivity contribution in [2.45, 2.75) is 193 Å². The van der Waals surface area contributed by atoms with Crippen LogP contribution in [0, 0.1) is 0 Å². The van der Waals surface area contributed by atoms with Crippen LogP contribution in [0.3, 0.4) is 0 Å². The summed E-state index contributed by atoms with van der Waals surface area (Å²) < 4.78 is 5.71. The van der Waals surface area contributed by atoms with Crippen LogP contribution >= 0.6 is 0 Å². The fourth-order valence-electron chi connectivity index (χ4n) is 5.45. The highest BCUT2D eigenvalue weighted by molar-refractivity contribution is 5.70. The molecule has 46 heavy (non-hydrogen) atoms. The largest absolute Gasteiger partial charge is 0.481 e. The molecule has 266 valence electrons. The first-order valence-corrected chi connectivity index (χ1v) is 19.4. The van der Waals surface area contributed by atoms with Gasteiger partial charge in [0.2, 0.25) is 0 Å². The first-order valence-electron chi connectivity index (χ1n) is 19.4. The lowest BCUT2D eigenvalue weighted by atomic mass is 10.0. The van der Waals surface area contributed by atoms with E-state index in [4.69, 9.17) is 9.84 Å². The summed E-state index contributed by atoms with van der Waals surface area (Å²) >= 11 is 0. The third-order valence-electron chi connectivity index (χ3n) is 8.34. The molecular formula is C41H73NO4. The highest BCUT2D eigenvalue weighted by Gasteiger charge is 2.14. The normalized spacial score (nSPS) is 12.1. The number of carboxylic acid groups (broad SMARTS) is 1. The number of rotatable bonds is 34. The van der Waals surface area contributed by atoms with Gasteiger partial charge in [0.05, 0.1) is 6.42 Å². The van der Waals surface area contributed by atoms with E-state index in [1.807, 2.05) is 0 Å². The van der Waals surface area contributed by atoms with Gasteiger partial charge < -0.3 is 15.2 Å². The molecular weight excluding hydrogens is 570 g/mol. The molecule has 0 heterocycles. The minimum absolute atomic E-state index is 0.0820. The van der Waals surface area contributed by atoms with E-state index in [-0.39, 0.29) is 19.1 Å². The van der Waals surface area contributed by atoms with Crippen molar-refractivity contribution in [2.75, 3.05) is 6.54 Å². The van der Waals surface area contributed by atoms with E-state index in [9.17, 15) is 9.59 Å². The van der Waals surface area contributed by atoms with Crippen molar-refractivity contribution in [3.63, 3.8) is 0 Å². The number of alkyl carbamates (subject to hydrolysis) is 1. The SMILES string of the molecule is CCCCC/C=C\C/C=C\CCCCCCCCC(CCCCCCCC/C=C\C/C=C\CCCCC)OC(=O)NCCC(=O)O. The third kappa shape index (κ3) is 36.2. The molecule has 0 aromatic carbocycles. The molecule has 0 aliphatic heterocycles. The Morgan fingerprint density at radius 3 is 1.30 bits per heavy atom. The Balaban J connectivity index is 4.02. The van der Waals surface area contributed by atoms with E-state index in [1.165, 1.54) is 128 Å². The Morgan fingerprint density at radius 2 is 0.913 bits per heavy atom. The third-order valence-corrected chi connectivity index (χ3v) is 8.34. The molecule has 0 unspecified atom stereocenters. The summed E-state index contributed by atoms with van der Waals surface area (Å²) in [4.78, 5) is 23.0. The van der Waals surface area contributed by atoms with Crippen molar-refractivity contribution < 1.29 is 19.4 Å². The van der Waals surface area contributed by atoms with Crippen molar-refractivity contribution in [3.05, 3.63) is 48.6 Å². The Morgan fingerprint density at radius 1 is 0.543 bits per heavy atom. The Hall–Kier alpha value is -2.30. The van der Waals surface area contributed by atoms with Gasteiger partial charge in [-0.3, -0.25) is 4.79 Å². The second kappa shape index (κ2) is 37.2. The van der Waals surface area contributed by atoms with Gasteiger partial charge in [-0.15, -0.1) is 0 Å². The summed E-state index contributed by atoms with van der Waals surface area (Å²) in [6.07, 6.45) is 48.9. The van der Waals surface area contributed by atoms with Crippen LogP contribution in [0.1, 0.15) is 187 Å². The van der Waals surface area contributed by atoms with Crippen molar-refractivity contribution >= 4 is 12.1 Å². The number of allylic oxidation sites excluding steroid dienone is 8. The number of carboxylic acids is 1. The monoisotopic (exact) mass is 644 g/mol. The van der Waals surface area contributed by atoms with E-state index in [1.54, 1.807) is 0 Å². The van der Waals surface area contributed by atoms with Crippen LogP contribution in [0.2, 0.25) is 0 Å². The van der Waals surface area contributed by atoms with E-state index in [0.29, 0.717) is 0 Å². The van der Waals surface area contributed by atoms with Gasteiger partial charge in [-0.25, -0.2) is 4.79 Å². The molecule has 0 atom stereocenters. The first-order chi connectivity index (χ1) is 22.6. The average molecular weight is 644 g/mol. The topological polar surface area (TPSA) is 75.6 Å². The average Bonchev–Trinajstić information content (AvgIpc) is 3.04. The molecule has 0 aliphatic carbocycles. The van der Waals surface area contributed by atoms with Gasteiger partial charge >= 0.3 is 12.1 Å². The number of amides is 1. The number of unbranched alkanes of at least 4 members (excludes halogenated alkanes) is 18. The zero-order valence-corrected chi connectivity index (χ0v) is 30.2. The number of nitrogens with one attached hydrogen (secondary N) is 1. The molecule has 0 saturated carbocycles. The number of ether oxygens (including phenoxy) is 1. The summed E-state index contributed by atoms with van der Waals surface area (Å²) in [6, 6.07) is 0. The molecule has 5 nitrogen and oxygen atoms in total. The van der Waals surface area contributed by atoms with Gasteiger partial charge in [0, 0.05) is 6.54 Å². The van der Waals surface area contributed by atoms with Crippen LogP contribution in [0.5, 0.6) is 0 Å². The summed E-state index contributed by atoms with van der Waals surface area (Å²) in [5.41, 5.74) is 0. The zero-order chi connectivity index (χ0) is 33.6. The molecule has 0 aromatic rings. The quantitative estimate of drug-likeness (QED) is 0.0540. The molecule has 0 aliphatic rings. The minimum Gasteiger partial charge on any atom is -0.481 e. The number of hydrogen-bond donors (Lipinski definition) is 2. The minimum atomic E-state index is -0.917. The van der Waals surface area contributed by atoms with Gasteiger partial charge in [0.15, 0.2) is 0 Å². The van der Waals surface area contributed by atoms with E-state index in [0.717, 1.165) is 38.5 Å². The maximum absolute atomic E-state index is 12.2. The molecule has 2 N–H and O–H groups in total. The zero-order valence-electron chi connectivity index (χ0n) is 30.2. The Kier molecular flexibility index (Phi) is 35.3. The van der Waals surface area contributed by atoms with Crippen molar-refractivity contribution in [1.29, 1.82) is 0 Å². The van der Waals surface area contributed by atoms with Crippen LogP contribution in [0.4, 0.5) is 4.79 Å². The number of aliphatic carboxylic acids is 1. The molecule has 0 spiro atoms. The maximum atomic E-state index is 12.2. The van der Waals surface area contributed by atoms with E-state index < -0.39 is 12.1 Å². The summed E-state index contributed by atoms with van der Waals surface area (Å²) in [6.45, 7) is 4.60. The number of carbonyl (C=O) groups is 2. The van der Waals surface area contributed by atoms with E-state index in [2.05, 4.69) is 67.8 Å². The lowest BCUT2D eigenvalue weighted by Crippen LogP contribution is -2.30. The maximum Gasteiger partial charge on any atom is 0.407 e. The molecule has 0 saturated heterocycles. The number of hydrogen-bond acceptors (Lipinski definition) is 3. The van der Waals surface area contributed by atoms with Crippen LogP contribution in [0.15, 0.2) is 48.6 Å². The van der Waals surface area contributed by atoms with Gasteiger partial charge in [0.25, 0.3) is 0 Å². The summed E-state index contributed by atoms with van der Waals surface area (Å²) in [7, 11) is 0. The first kappa shape index (κ1) is 43.7. The second-order valence-corrected chi connectivity index (χ2v) is 12.8. The van der Waals surface area contributed by atoms with Crippen LogP contribution < -0.4 is 5.32 Å². The second-order valence-electron chi connectivity index (χ2n) is 12.8. The van der Waals surface area contributed by atoms with Gasteiger partial charge in [-0.2, -0.15) is 0 Å². The standard InChI is InChI=1S/C41H73NO4/c1-3-5-7-9-11-13-15-17-19-21-23-25-27-29-31-33-35-39(46-41(45)42-38-37-40(43)44)36-34-32-30-28-26-24-22-20-18-16-14-12-10-8-6-4-2/h11-14,17-20,39H,3-10,15-16,21-38H2,1-2H3,(H,42,45)(H,43,44)/b13-11-,14-12-,19-17-,20-18-. The molecule has 0 radical (unpaired) electrons. The highest BCUT2D eigenvalue weighted by atomic mass is 16.6. The van der Waals surface area contributed by atoms with E-state index >= 15 is 0 Å². The number of carbonyl (C=O) groups excluding carboxylic acids is 1. The molecule has 0 bridgehead atoms.